The second-order valence-corrected chi connectivity index (χ2v) is 5.64. The Hall–Kier alpha value is -3.52. The van der Waals surface area contributed by atoms with E-state index in [9.17, 15) is 15.2 Å². The Kier molecular flexibility index (Phi) is 4.82. The summed E-state index contributed by atoms with van der Waals surface area (Å²) in [6, 6.07) is 16.7. The van der Waals surface area contributed by atoms with Crippen molar-refractivity contribution >= 4 is 22.9 Å². The largest absolute Gasteiger partial charge is 0.508 e. The van der Waals surface area contributed by atoms with E-state index >= 15 is 0 Å². The summed E-state index contributed by atoms with van der Waals surface area (Å²) in [5.41, 5.74) is 2.65. The molecule has 0 saturated heterocycles. The highest BCUT2D eigenvalue weighted by atomic mass is 16.3. The minimum absolute atomic E-state index is 0.0253. The van der Waals surface area contributed by atoms with Crippen molar-refractivity contribution in [2.75, 3.05) is 6.54 Å². The van der Waals surface area contributed by atoms with E-state index < -0.39 is 5.91 Å². The third kappa shape index (κ3) is 3.88. The Balaban J connectivity index is 1.72. The first-order valence-corrected chi connectivity index (χ1v) is 7.91. The summed E-state index contributed by atoms with van der Waals surface area (Å²) in [5.74, 6) is -0.277. The van der Waals surface area contributed by atoms with Crippen molar-refractivity contribution in [2.45, 2.75) is 6.42 Å². The summed E-state index contributed by atoms with van der Waals surface area (Å²) in [6.45, 7) is 0.455. The Morgan fingerprint density at radius 2 is 2.04 bits per heavy atom. The predicted octanol–water partition coefficient (Wildman–Crippen LogP) is 3.14. The highest BCUT2D eigenvalue weighted by molar-refractivity contribution is 6.04. The van der Waals surface area contributed by atoms with E-state index in [1.807, 2.05) is 36.4 Å². The van der Waals surface area contributed by atoms with Crippen molar-refractivity contribution in [1.29, 1.82) is 5.26 Å². The molecule has 0 atom stereocenters. The summed E-state index contributed by atoms with van der Waals surface area (Å²) in [5, 5.41) is 22.4. The molecule has 3 rings (SSSR count). The second kappa shape index (κ2) is 7.37. The molecule has 1 aromatic heterocycles. The van der Waals surface area contributed by atoms with E-state index in [2.05, 4.69) is 10.3 Å². The number of phenols is 1. The van der Waals surface area contributed by atoms with Crippen molar-refractivity contribution in [3.05, 3.63) is 71.4 Å². The van der Waals surface area contributed by atoms with Gasteiger partial charge in [0.1, 0.15) is 17.4 Å². The SMILES string of the molecule is N#C/C(=C/c1c[nH]c2ccc(O)cc12)C(=O)NCCc1ccccc1. The van der Waals surface area contributed by atoms with Crippen LogP contribution in [0.15, 0.2) is 60.3 Å². The number of aromatic hydroxyl groups is 1. The van der Waals surface area contributed by atoms with Crippen LogP contribution in [0, 0.1) is 11.3 Å². The van der Waals surface area contributed by atoms with E-state index in [0.717, 1.165) is 16.5 Å². The summed E-state index contributed by atoms with van der Waals surface area (Å²) in [7, 11) is 0. The third-order valence-corrected chi connectivity index (χ3v) is 3.90. The number of phenolic OH excluding ortho intramolecular Hbond substituents is 1. The predicted molar refractivity (Wildman–Crippen MR) is 96.7 cm³/mol. The zero-order valence-corrected chi connectivity index (χ0v) is 13.5. The van der Waals surface area contributed by atoms with Crippen molar-refractivity contribution < 1.29 is 9.90 Å². The van der Waals surface area contributed by atoms with E-state index in [-0.39, 0.29) is 11.3 Å². The number of nitrogens with one attached hydrogen (secondary N) is 2. The van der Waals surface area contributed by atoms with E-state index in [1.54, 1.807) is 24.4 Å². The van der Waals surface area contributed by atoms with Gasteiger partial charge in [-0.2, -0.15) is 5.26 Å². The molecule has 0 aliphatic rings. The van der Waals surface area contributed by atoms with E-state index in [0.29, 0.717) is 18.5 Å². The monoisotopic (exact) mass is 331 g/mol. The molecule has 5 heteroatoms. The van der Waals surface area contributed by atoms with Crippen LogP contribution < -0.4 is 5.32 Å². The van der Waals surface area contributed by atoms with Gasteiger partial charge in [0.15, 0.2) is 0 Å². The average molecular weight is 331 g/mol. The van der Waals surface area contributed by atoms with E-state index in [1.165, 1.54) is 6.08 Å². The molecule has 0 aliphatic heterocycles. The highest BCUT2D eigenvalue weighted by Gasteiger charge is 2.10. The molecule has 25 heavy (non-hydrogen) atoms. The van der Waals surface area contributed by atoms with Gasteiger partial charge in [-0.3, -0.25) is 4.79 Å². The molecular weight excluding hydrogens is 314 g/mol. The van der Waals surface area contributed by atoms with Gasteiger partial charge in [-0.1, -0.05) is 30.3 Å². The van der Waals surface area contributed by atoms with Crippen LogP contribution in [-0.2, 0) is 11.2 Å². The first-order valence-electron chi connectivity index (χ1n) is 7.91. The van der Waals surface area contributed by atoms with Gasteiger partial charge in [0, 0.05) is 29.2 Å². The Labute approximate surface area is 145 Å². The van der Waals surface area contributed by atoms with Crippen molar-refractivity contribution in [2.24, 2.45) is 0 Å². The molecule has 2 aromatic carbocycles. The number of carbonyl (C=O) groups is 1. The third-order valence-electron chi connectivity index (χ3n) is 3.90. The van der Waals surface area contributed by atoms with Crippen LogP contribution in [-0.4, -0.2) is 22.5 Å². The first-order chi connectivity index (χ1) is 12.2. The van der Waals surface area contributed by atoms with Crippen LogP contribution in [0.25, 0.3) is 17.0 Å². The number of amides is 1. The number of hydrogen-bond acceptors (Lipinski definition) is 3. The fraction of sp³-hybridized carbons (Fsp3) is 0.100. The van der Waals surface area contributed by atoms with Gasteiger partial charge < -0.3 is 15.4 Å². The number of benzene rings is 2. The van der Waals surface area contributed by atoms with E-state index in [4.69, 9.17) is 0 Å². The molecule has 5 nitrogen and oxygen atoms in total. The normalized spacial score (nSPS) is 11.2. The number of hydrogen-bond donors (Lipinski definition) is 3. The lowest BCUT2D eigenvalue weighted by molar-refractivity contribution is -0.117. The maximum absolute atomic E-state index is 12.2. The Morgan fingerprint density at radius 3 is 2.80 bits per heavy atom. The zero-order valence-electron chi connectivity index (χ0n) is 13.5. The molecule has 0 aliphatic carbocycles. The van der Waals surface area contributed by atoms with Crippen LogP contribution in [0.1, 0.15) is 11.1 Å². The molecule has 124 valence electrons. The van der Waals surface area contributed by atoms with Gasteiger partial charge in [-0.15, -0.1) is 0 Å². The van der Waals surface area contributed by atoms with Crippen molar-refractivity contribution in [1.82, 2.24) is 10.3 Å². The van der Waals surface area contributed by atoms with Gasteiger partial charge in [0.2, 0.25) is 0 Å². The van der Waals surface area contributed by atoms with Gasteiger partial charge in [0.05, 0.1) is 0 Å². The quantitative estimate of drug-likeness (QED) is 0.496. The number of nitrogens with zero attached hydrogens (tertiary/aromatic N) is 1. The topological polar surface area (TPSA) is 88.9 Å². The molecule has 0 fully saturated rings. The number of carbonyl (C=O) groups excluding carboxylic acids is 1. The number of H-pyrrole nitrogens is 1. The minimum Gasteiger partial charge on any atom is -0.508 e. The summed E-state index contributed by atoms with van der Waals surface area (Å²) in [6.07, 6.45) is 3.93. The standard InChI is InChI=1S/C20H17N3O2/c21-12-15(20(25)22-9-8-14-4-2-1-3-5-14)10-16-13-23-19-7-6-17(24)11-18(16)19/h1-7,10-11,13,23-24H,8-9H2,(H,22,25)/b15-10-. The maximum atomic E-state index is 12.2. The molecule has 1 heterocycles. The zero-order chi connectivity index (χ0) is 17.6. The molecule has 0 bridgehead atoms. The van der Waals surface area contributed by atoms with Crippen molar-refractivity contribution in [3.8, 4) is 11.8 Å². The number of rotatable bonds is 5. The summed E-state index contributed by atoms with van der Waals surface area (Å²) < 4.78 is 0. The van der Waals surface area contributed by atoms with Crippen LogP contribution in [0.2, 0.25) is 0 Å². The Morgan fingerprint density at radius 1 is 1.24 bits per heavy atom. The smallest absolute Gasteiger partial charge is 0.261 e. The lowest BCUT2D eigenvalue weighted by atomic mass is 10.1. The minimum atomic E-state index is -0.409. The maximum Gasteiger partial charge on any atom is 0.261 e. The fourth-order valence-corrected chi connectivity index (χ4v) is 2.61. The van der Waals surface area contributed by atoms with Gasteiger partial charge in [0.25, 0.3) is 5.91 Å². The number of aromatic amines is 1. The van der Waals surface area contributed by atoms with Crippen LogP contribution in [0.3, 0.4) is 0 Å². The second-order valence-electron chi connectivity index (χ2n) is 5.64. The number of aromatic nitrogens is 1. The molecule has 0 spiro atoms. The molecule has 0 saturated carbocycles. The highest BCUT2D eigenvalue weighted by Crippen LogP contribution is 2.24. The summed E-state index contributed by atoms with van der Waals surface area (Å²) in [4.78, 5) is 15.3. The van der Waals surface area contributed by atoms with Gasteiger partial charge in [-0.25, -0.2) is 0 Å². The molecule has 0 unspecified atom stereocenters. The number of nitriles is 1. The molecule has 3 aromatic rings. The average Bonchev–Trinajstić information content (AvgIpc) is 3.02. The first kappa shape index (κ1) is 16.3. The number of fused-ring (bicyclic) bond motifs is 1. The molecule has 1 amide bonds. The van der Waals surface area contributed by atoms with Gasteiger partial charge in [-0.05, 0) is 36.3 Å². The summed E-state index contributed by atoms with van der Waals surface area (Å²) >= 11 is 0. The molecule has 0 radical (unpaired) electrons. The van der Waals surface area contributed by atoms with Crippen molar-refractivity contribution in [3.63, 3.8) is 0 Å². The molecular formula is C20H17N3O2. The van der Waals surface area contributed by atoms with Crippen LogP contribution >= 0.6 is 0 Å². The fourth-order valence-electron chi connectivity index (χ4n) is 2.61. The molecule has 3 N–H and O–H groups in total. The van der Waals surface area contributed by atoms with Crippen LogP contribution in [0.4, 0.5) is 0 Å². The van der Waals surface area contributed by atoms with Gasteiger partial charge >= 0.3 is 0 Å². The van der Waals surface area contributed by atoms with Crippen LogP contribution in [0.5, 0.6) is 5.75 Å². The lowest BCUT2D eigenvalue weighted by Gasteiger charge is -2.04. The lowest BCUT2D eigenvalue weighted by Crippen LogP contribution is -2.26. The Bertz CT molecular complexity index is 966.